The lowest BCUT2D eigenvalue weighted by Crippen LogP contribution is -2.45. The minimum atomic E-state index is -5.14. The van der Waals surface area contributed by atoms with Crippen molar-refractivity contribution in [1.82, 2.24) is 5.32 Å². The van der Waals surface area contributed by atoms with Gasteiger partial charge in [0.25, 0.3) is 5.91 Å². The fourth-order valence-corrected chi connectivity index (χ4v) is 2.02. The number of rotatable bonds is 5. The molecule has 0 unspecified atom stereocenters. The second-order valence-electron chi connectivity index (χ2n) is 5.42. The van der Waals surface area contributed by atoms with Crippen LogP contribution in [0.15, 0.2) is 18.2 Å². The second-order valence-corrected chi connectivity index (χ2v) is 5.42. The summed E-state index contributed by atoms with van der Waals surface area (Å²) in [6, 6.07) is 0.237. The molecule has 0 spiro atoms. The highest BCUT2D eigenvalue weighted by Crippen LogP contribution is 2.36. The molecule has 0 bridgehead atoms. The van der Waals surface area contributed by atoms with Crippen LogP contribution in [0.5, 0.6) is 0 Å². The Balaban J connectivity index is 3.30. The molecule has 1 amide bonds. The highest BCUT2D eigenvalue weighted by atomic mass is 19.4. The molecule has 0 saturated carbocycles. The molecule has 1 aromatic rings. The number of carbonyl (C=O) groups excluding carboxylic acids is 1. The zero-order chi connectivity index (χ0) is 20.3. The van der Waals surface area contributed by atoms with Gasteiger partial charge in [-0.25, -0.2) is 4.79 Å². The van der Waals surface area contributed by atoms with Crippen molar-refractivity contribution in [1.29, 1.82) is 5.26 Å². The van der Waals surface area contributed by atoms with Gasteiger partial charge in [-0.3, -0.25) is 4.79 Å². The van der Waals surface area contributed by atoms with E-state index in [2.05, 4.69) is 0 Å². The molecule has 0 aromatic heterocycles. The van der Waals surface area contributed by atoms with E-state index >= 15 is 0 Å². The van der Waals surface area contributed by atoms with E-state index in [1.165, 1.54) is 6.92 Å². The van der Waals surface area contributed by atoms with Crippen LogP contribution < -0.4 is 5.32 Å². The summed E-state index contributed by atoms with van der Waals surface area (Å²) in [5.41, 5.74) is -4.40. The monoisotopic (exact) mass is 382 g/mol. The quantitative estimate of drug-likeness (QED) is 0.764. The van der Waals surface area contributed by atoms with E-state index in [9.17, 15) is 35.9 Å². The Bertz CT molecular complexity index is 704. The Hall–Kier alpha value is -2.77. The minimum Gasteiger partial charge on any atom is -0.480 e. The van der Waals surface area contributed by atoms with Crippen molar-refractivity contribution in [2.24, 2.45) is 5.92 Å². The second kappa shape index (κ2) is 7.63. The number of nitriles is 1. The molecule has 1 rings (SSSR count). The molecule has 2 N–H and O–H groups in total. The van der Waals surface area contributed by atoms with Crippen LogP contribution >= 0.6 is 0 Å². The van der Waals surface area contributed by atoms with Crippen LogP contribution in [-0.2, 0) is 17.1 Å². The number of alkyl halides is 6. The summed E-state index contributed by atoms with van der Waals surface area (Å²) < 4.78 is 76.7. The Morgan fingerprint density at radius 2 is 1.58 bits per heavy atom. The number of hydrogen-bond acceptors (Lipinski definition) is 3. The molecule has 142 valence electrons. The fraction of sp³-hybridized carbons (Fsp3) is 0.400. The number of carbonyl (C=O) groups is 2. The van der Waals surface area contributed by atoms with Crippen LogP contribution in [-0.4, -0.2) is 23.0 Å². The van der Waals surface area contributed by atoms with Gasteiger partial charge >= 0.3 is 18.3 Å². The van der Waals surface area contributed by atoms with Gasteiger partial charge < -0.3 is 10.4 Å². The number of carboxylic acid groups (broad SMARTS) is 1. The lowest BCUT2D eigenvalue weighted by Gasteiger charge is -2.20. The van der Waals surface area contributed by atoms with Crippen LogP contribution in [0.1, 0.15) is 34.8 Å². The molecule has 0 aliphatic rings. The molecule has 5 nitrogen and oxygen atoms in total. The van der Waals surface area contributed by atoms with E-state index in [0.29, 0.717) is 0 Å². The summed E-state index contributed by atoms with van der Waals surface area (Å²) in [6.45, 7) is 1.29. The maximum atomic E-state index is 12.8. The van der Waals surface area contributed by atoms with Gasteiger partial charge in [0.15, 0.2) is 0 Å². The zero-order valence-electron chi connectivity index (χ0n) is 13.1. The maximum Gasteiger partial charge on any atom is 0.416 e. The number of halogens is 6. The standard InChI is InChI=1S/C15H12F6N2O3/c1-7(2-3-22)11(13(25)26)23-12(24)8-4-9(14(16,17)18)6-10(5-8)15(19,20)21/h4-7,11H,2H2,1H3,(H,23,24)(H,25,26)/t7-,11+/m1/s1. The van der Waals surface area contributed by atoms with Crippen molar-refractivity contribution < 1.29 is 41.0 Å². The molecular formula is C15H12F6N2O3. The van der Waals surface area contributed by atoms with Crippen molar-refractivity contribution in [2.45, 2.75) is 31.7 Å². The molecule has 1 aromatic carbocycles. The van der Waals surface area contributed by atoms with E-state index in [1.54, 1.807) is 6.07 Å². The highest BCUT2D eigenvalue weighted by molar-refractivity contribution is 5.97. The SMILES string of the molecule is C[C@H](CC#N)[C@H](NC(=O)c1cc(C(F)(F)F)cc(C(F)(F)F)c1)C(=O)O. The first-order valence-corrected chi connectivity index (χ1v) is 6.97. The maximum absolute atomic E-state index is 12.8. The molecule has 0 fully saturated rings. The molecule has 0 saturated heterocycles. The van der Waals surface area contributed by atoms with Gasteiger partial charge in [-0.1, -0.05) is 6.92 Å². The van der Waals surface area contributed by atoms with Gasteiger partial charge in [0.05, 0.1) is 17.2 Å². The van der Waals surface area contributed by atoms with Crippen molar-refractivity contribution in [3.8, 4) is 6.07 Å². The minimum absolute atomic E-state index is 0.149. The molecule has 11 heteroatoms. The average molecular weight is 382 g/mol. The van der Waals surface area contributed by atoms with Crippen LogP contribution in [0.4, 0.5) is 26.3 Å². The lowest BCUT2D eigenvalue weighted by molar-refractivity contribution is -0.143. The Morgan fingerprint density at radius 1 is 1.12 bits per heavy atom. The number of nitrogens with zero attached hydrogens (tertiary/aromatic N) is 1. The normalized spacial score (nSPS) is 14.2. The average Bonchev–Trinajstić information content (AvgIpc) is 2.50. The summed E-state index contributed by atoms with van der Waals surface area (Å²) >= 11 is 0. The third-order valence-corrected chi connectivity index (χ3v) is 3.38. The van der Waals surface area contributed by atoms with E-state index in [0.717, 1.165) is 0 Å². The van der Waals surface area contributed by atoms with Gasteiger partial charge in [0.1, 0.15) is 6.04 Å². The highest BCUT2D eigenvalue weighted by Gasteiger charge is 2.38. The van der Waals surface area contributed by atoms with Crippen LogP contribution in [0.3, 0.4) is 0 Å². The number of benzene rings is 1. The molecule has 2 atom stereocenters. The van der Waals surface area contributed by atoms with E-state index in [4.69, 9.17) is 10.4 Å². The summed E-state index contributed by atoms with van der Waals surface area (Å²) in [6.07, 6.45) is -10.6. The van der Waals surface area contributed by atoms with Crippen molar-refractivity contribution in [2.75, 3.05) is 0 Å². The number of nitrogens with one attached hydrogen (secondary N) is 1. The van der Waals surface area contributed by atoms with E-state index < -0.39 is 52.9 Å². The summed E-state index contributed by atoms with van der Waals surface area (Å²) in [4.78, 5) is 23.2. The van der Waals surface area contributed by atoms with Gasteiger partial charge in [-0.15, -0.1) is 0 Å². The van der Waals surface area contributed by atoms with Gasteiger partial charge in [0, 0.05) is 17.9 Å². The molecule has 0 heterocycles. The number of carboxylic acids is 1. The summed E-state index contributed by atoms with van der Waals surface area (Å²) in [5, 5.41) is 19.5. The molecular weight excluding hydrogens is 370 g/mol. The molecule has 0 radical (unpaired) electrons. The van der Waals surface area contributed by atoms with Crippen LogP contribution in [0.2, 0.25) is 0 Å². The van der Waals surface area contributed by atoms with Crippen LogP contribution in [0.25, 0.3) is 0 Å². The van der Waals surface area contributed by atoms with Gasteiger partial charge in [-0.05, 0) is 18.2 Å². The van der Waals surface area contributed by atoms with E-state index in [1.807, 2.05) is 5.32 Å². The van der Waals surface area contributed by atoms with Crippen molar-refractivity contribution >= 4 is 11.9 Å². The van der Waals surface area contributed by atoms with Gasteiger partial charge in [0.2, 0.25) is 0 Å². The molecule has 26 heavy (non-hydrogen) atoms. The number of hydrogen-bond donors (Lipinski definition) is 2. The summed E-state index contributed by atoms with van der Waals surface area (Å²) in [5.74, 6) is -3.93. The predicted octanol–water partition coefficient (Wildman–Crippen LogP) is 3.46. The first kappa shape index (κ1) is 21.3. The fourth-order valence-electron chi connectivity index (χ4n) is 2.02. The largest absolute Gasteiger partial charge is 0.480 e. The first-order chi connectivity index (χ1) is 11.8. The van der Waals surface area contributed by atoms with E-state index in [-0.39, 0.29) is 24.6 Å². The van der Waals surface area contributed by atoms with Crippen LogP contribution in [0, 0.1) is 17.2 Å². The molecule has 0 aliphatic heterocycles. The molecule has 0 aliphatic carbocycles. The Labute approximate surface area is 143 Å². The van der Waals surface area contributed by atoms with Gasteiger partial charge in [-0.2, -0.15) is 31.6 Å². The number of amides is 1. The first-order valence-electron chi connectivity index (χ1n) is 6.97. The zero-order valence-corrected chi connectivity index (χ0v) is 13.1. The smallest absolute Gasteiger partial charge is 0.416 e. The van der Waals surface area contributed by atoms with Crippen molar-refractivity contribution in [3.63, 3.8) is 0 Å². The Kier molecular flexibility index (Phi) is 6.25. The third kappa shape index (κ3) is 5.37. The number of aliphatic carboxylic acids is 1. The van der Waals surface area contributed by atoms with Crippen molar-refractivity contribution in [3.05, 3.63) is 34.9 Å². The third-order valence-electron chi connectivity index (χ3n) is 3.38. The lowest BCUT2D eigenvalue weighted by atomic mass is 9.98. The topological polar surface area (TPSA) is 90.2 Å². The summed E-state index contributed by atoms with van der Waals surface area (Å²) in [7, 11) is 0. The predicted molar refractivity (Wildman–Crippen MR) is 74.7 cm³/mol. The Morgan fingerprint density at radius 3 is 1.92 bits per heavy atom.